The minimum Gasteiger partial charge on any atom is -0.486 e. The molecule has 22 heavy (non-hydrogen) atoms. The van der Waals surface area contributed by atoms with Gasteiger partial charge in [-0.25, -0.2) is 4.79 Å². The molecule has 0 bridgehead atoms. The SMILES string of the molecule is CNCCOCCOC(=O)/C=C/c1ccc2c(c1)OCCO2. The lowest BCUT2D eigenvalue weighted by Crippen LogP contribution is -2.16. The molecule has 0 amide bonds. The standard InChI is InChI=1S/C16H21NO5/c1-17-6-7-19-8-9-22-16(18)5-3-13-2-4-14-15(12-13)21-11-10-20-14/h2-5,12,17H,6-11H2,1H3/b5-3+. The van der Waals surface area contributed by atoms with Crippen LogP contribution in [0.2, 0.25) is 0 Å². The molecular weight excluding hydrogens is 286 g/mol. The van der Waals surface area contributed by atoms with E-state index < -0.39 is 5.97 Å². The topological polar surface area (TPSA) is 66.0 Å². The Morgan fingerprint density at radius 2 is 2.05 bits per heavy atom. The van der Waals surface area contributed by atoms with Crippen LogP contribution in [0.15, 0.2) is 24.3 Å². The van der Waals surface area contributed by atoms with Gasteiger partial charge in [0.2, 0.25) is 0 Å². The monoisotopic (exact) mass is 307 g/mol. The summed E-state index contributed by atoms with van der Waals surface area (Å²) in [7, 11) is 1.85. The third-order valence-corrected chi connectivity index (χ3v) is 2.95. The van der Waals surface area contributed by atoms with Gasteiger partial charge in [-0.3, -0.25) is 0 Å². The van der Waals surface area contributed by atoms with E-state index in [-0.39, 0.29) is 6.61 Å². The predicted octanol–water partition coefficient (Wildman–Crippen LogP) is 1.25. The number of esters is 1. The molecule has 1 aliphatic heterocycles. The quantitative estimate of drug-likeness (QED) is 0.443. The number of ether oxygens (including phenoxy) is 4. The average Bonchev–Trinajstić information content (AvgIpc) is 2.56. The van der Waals surface area contributed by atoms with Crippen molar-refractivity contribution in [3.63, 3.8) is 0 Å². The number of hydrogen-bond acceptors (Lipinski definition) is 6. The highest BCUT2D eigenvalue weighted by Gasteiger charge is 2.10. The highest BCUT2D eigenvalue weighted by molar-refractivity contribution is 5.87. The van der Waals surface area contributed by atoms with Gasteiger partial charge >= 0.3 is 5.97 Å². The van der Waals surface area contributed by atoms with Crippen molar-refractivity contribution in [1.82, 2.24) is 5.32 Å². The van der Waals surface area contributed by atoms with Gasteiger partial charge in [-0.2, -0.15) is 0 Å². The summed E-state index contributed by atoms with van der Waals surface area (Å²) in [4.78, 5) is 11.6. The summed E-state index contributed by atoms with van der Waals surface area (Å²) in [6.07, 6.45) is 3.07. The Kier molecular flexibility index (Phi) is 6.73. The Bertz CT molecular complexity index is 515. The van der Waals surface area contributed by atoms with E-state index in [9.17, 15) is 4.79 Å². The highest BCUT2D eigenvalue weighted by Crippen LogP contribution is 2.31. The number of benzene rings is 1. The molecule has 0 saturated heterocycles. The summed E-state index contributed by atoms with van der Waals surface area (Å²) >= 11 is 0. The van der Waals surface area contributed by atoms with Crippen molar-refractivity contribution in [2.24, 2.45) is 0 Å². The first kappa shape index (κ1) is 16.3. The number of nitrogens with one attached hydrogen (secondary N) is 1. The molecule has 0 spiro atoms. The van der Waals surface area contributed by atoms with Gasteiger partial charge in [0, 0.05) is 12.6 Å². The Balaban J connectivity index is 1.73. The first-order valence-corrected chi connectivity index (χ1v) is 7.26. The van der Waals surface area contributed by atoms with Crippen LogP contribution in [0.25, 0.3) is 6.08 Å². The van der Waals surface area contributed by atoms with Crippen LogP contribution in [0.5, 0.6) is 11.5 Å². The first-order valence-electron chi connectivity index (χ1n) is 7.26. The van der Waals surface area contributed by atoms with E-state index in [0.29, 0.717) is 32.2 Å². The smallest absolute Gasteiger partial charge is 0.330 e. The van der Waals surface area contributed by atoms with E-state index in [1.807, 2.05) is 25.2 Å². The molecule has 0 unspecified atom stereocenters. The number of hydrogen-bond donors (Lipinski definition) is 1. The van der Waals surface area contributed by atoms with Gasteiger partial charge in [-0.1, -0.05) is 6.07 Å². The number of rotatable bonds is 8. The molecular formula is C16H21NO5. The molecule has 0 radical (unpaired) electrons. The summed E-state index contributed by atoms with van der Waals surface area (Å²) in [5.74, 6) is 1.02. The Morgan fingerprint density at radius 3 is 2.86 bits per heavy atom. The minimum atomic E-state index is -0.396. The number of fused-ring (bicyclic) bond motifs is 1. The number of carbonyl (C=O) groups excluding carboxylic acids is 1. The summed E-state index contributed by atoms with van der Waals surface area (Å²) in [5, 5.41) is 2.96. The zero-order valence-corrected chi connectivity index (χ0v) is 12.7. The van der Waals surface area contributed by atoms with Crippen LogP contribution in [-0.2, 0) is 14.3 Å². The van der Waals surface area contributed by atoms with E-state index in [1.54, 1.807) is 6.08 Å². The van der Waals surface area contributed by atoms with Gasteiger partial charge in [0.1, 0.15) is 19.8 Å². The largest absolute Gasteiger partial charge is 0.486 e. The first-order chi connectivity index (χ1) is 10.8. The van der Waals surface area contributed by atoms with Crippen LogP contribution in [0.4, 0.5) is 0 Å². The van der Waals surface area contributed by atoms with E-state index in [0.717, 1.165) is 17.9 Å². The van der Waals surface area contributed by atoms with Crippen molar-refractivity contribution in [3.8, 4) is 11.5 Å². The average molecular weight is 307 g/mol. The van der Waals surface area contributed by atoms with Crippen molar-refractivity contribution in [1.29, 1.82) is 0 Å². The second-order valence-electron chi connectivity index (χ2n) is 4.62. The number of carbonyl (C=O) groups is 1. The fraction of sp³-hybridized carbons (Fsp3) is 0.438. The summed E-state index contributed by atoms with van der Waals surface area (Å²) in [6.45, 7) is 3.11. The molecule has 1 heterocycles. The lowest BCUT2D eigenvalue weighted by atomic mass is 10.2. The molecule has 1 aromatic rings. The molecule has 1 aromatic carbocycles. The fourth-order valence-corrected chi connectivity index (χ4v) is 1.85. The van der Waals surface area contributed by atoms with Crippen LogP contribution in [0.1, 0.15) is 5.56 Å². The molecule has 6 heteroatoms. The van der Waals surface area contributed by atoms with Crippen molar-refractivity contribution >= 4 is 12.0 Å². The maximum absolute atomic E-state index is 11.6. The van der Waals surface area contributed by atoms with E-state index in [2.05, 4.69) is 5.32 Å². The van der Waals surface area contributed by atoms with E-state index >= 15 is 0 Å². The summed E-state index contributed by atoms with van der Waals surface area (Å²) in [5.41, 5.74) is 0.853. The van der Waals surface area contributed by atoms with E-state index in [4.69, 9.17) is 18.9 Å². The zero-order valence-electron chi connectivity index (χ0n) is 12.7. The lowest BCUT2D eigenvalue weighted by Gasteiger charge is -2.18. The molecule has 1 N–H and O–H groups in total. The van der Waals surface area contributed by atoms with Crippen molar-refractivity contribution in [2.45, 2.75) is 0 Å². The molecule has 0 atom stereocenters. The Hall–Kier alpha value is -2.05. The van der Waals surface area contributed by atoms with Gasteiger partial charge in [-0.05, 0) is 30.8 Å². The molecule has 6 nitrogen and oxygen atoms in total. The second kappa shape index (κ2) is 9.07. The molecule has 0 aromatic heterocycles. The van der Waals surface area contributed by atoms with Crippen LogP contribution in [0.3, 0.4) is 0 Å². The molecule has 0 saturated carbocycles. The number of likely N-dealkylation sites (N-methyl/N-ethyl adjacent to an activating group) is 1. The second-order valence-corrected chi connectivity index (χ2v) is 4.62. The lowest BCUT2D eigenvalue weighted by molar-refractivity contribution is -0.139. The van der Waals surface area contributed by atoms with Gasteiger partial charge in [0.15, 0.2) is 11.5 Å². The molecule has 0 aliphatic carbocycles. The van der Waals surface area contributed by atoms with Crippen molar-refractivity contribution in [3.05, 3.63) is 29.8 Å². The van der Waals surface area contributed by atoms with Crippen LogP contribution >= 0.6 is 0 Å². The van der Waals surface area contributed by atoms with Crippen LogP contribution < -0.4 is 14.8 Å². The third kappa shape index (κ3) is 5.38. The van der Waals surface area contributed by atoms with Gasteiger partial charge < -0.3 is 24.3 Å². The third-order valence-electron chi connectivity index (χ3n) is 2.95. The molecule has 2 rings (SSSR count). The fourth-order valence-electron chi connectivity index (χ4n) is 1.85. The predicted molar refractivity (Wildman–Crippen MR) is 82.2 cm³/mol. The molecule has 1 aliphatic rings. The Labute approximate surface area is 130 Å². The van der Waals surface area contributed by atoms with Crippen molar-refractivity contribution in [2.75, 3.05) is 46.6 Å². The molecule has 0 fully saturated rings. The Morgan fingerprint density at radius 1 is 1.23 bits per heavy atom. The van der Waals surface area contributed by atoms with Gasteiger partial charge in [0.05, 0.1) is 13.2 Å². The minimum absolute atomic E-state index is 0.244. The maximum atomic E-state index is 11.6. The van der Waals surface area contributed by atoms with Crippen LogP contribution in [-0.4, -0.2) is 52.6 Å². The normalized spacial score (nSPS) is 13.3. The van der Waals surface area contributed by atoms with E-state index in [1.165, 1.54) is 6.08 Å². The van der Waals surface area contributed by atoms with Gasteiger partial charge in [0.25, 0.3) is 0 Å². The van der Waals surface area contributed by atoms with Crippen molar-refractivity contribution < 1.29 is 23.7 Å². The summed E-state index contributed by atoms with van der Waals surface area (Å²) in [6, 6.07) is 5.52. The highest BCUT2D eigenvalue weighted by atomic mass is 16.6. The maximum Gasteiger partial charge on any atom is 0.330 e. The van der Waals surface area contributed by atoms with Gasteiger partial charge in [-0.15, -0.1) is 0 Å². The molecule has 120 valence electrons. The summed E-state index contributed by atoms with van der Waals surface area (Å²) < 4.78 is 21.2. The van der Waals surface area contributed by atoms with Crippen LogP contribution in [0, 0.1) is 0 Å². The zero-order chi connectivity index (χ0) is 15.6.